The van der Waals surface area contributed by atoms with Crippen LogP contribution in [0.5, 0.6) is 0 Å². The average molecular weight is 380 g/mol. The van der Waals surface area contributed by atoms with Gasteiger partial charge in [0.1, 0.15) is 12.1 Å². The fourth-order valence-electron chi connectivity index (χ4n) is 3.21. The van der Waals surface area contributed by atoms with Gasteiger partial charge < -0.3 is 10.6 Å². The number of hydrogen-bond donors (Lipinski definition) is 2. The molecule has 1 spiro atoms. The van der Waals surface area contributed by atoms with Crippen molar-refractivity contribution < 1.29 is 14.4 Å². The van der Waals surface area contributed by atoms with Crippen LogP contribution in [0.15, 0.2) is 28.7 Å². The van der Waals surface area contributed by atoms with Crippen molar-refractivity contribution in [3.8, 4) is 0 Å². The van der Waals surface area contributed by atoms with Crippen LogP contribution in [0.3, 0.4) is 0 Å². The van der Waals surface area contributed by atoms with Gasteiger partial charge in [0.25, 0.3) is 5.91 Å². The molecule has 23 heavy (non-hydrogen) atoms. The monoisotopic (exact) mass is 379 g/mol. The molecule has 4 amide bonds. The van der Waals surface area contributed by atoms with E-state index in [0.29, 0.717) is 18.5 Å². The molecule has 2 fully saturated rings. The summed E-state index contributed by atoms with van der Waals surface area (Å²) in [7, 11) is 0. The average Bonchev–Trinajstić information content (AvgIpc) is 2.75. The van der Waals surface area contributed by atoms with E-state index in [2.05, 4.69) is 26.6 Å². The van der Waals surface area contributed by atoms with Crippen LogP contribution in [-0.2, 0) is 9.59 Å². The highest BCUT2D eigenvalue weighted by Gasteiger charge is 2.51. The lowest BCUT2D eigenvalue weighted by Crippen LogP contribution is -2.48. The lowest BCUT2D eigenvalue weighted by atomic mass is 9.82. The van der Waals surface area contributed by atoms with Crippen LogP contribution in [0, 0.1) is 0 Å². The molecule has 3 rings (SSSR count). The summed E-state index contributed by atoms with van der Waals surface area (Å²) in [6.45, 7) is -0.270. The maximum absolute atomic E-state index is 12.6. The lowest BCUT2D eigenvalue weighted by molar-refractivity contribution is -0.134. The molecular weight excluding hydrogens is 362 g/mol. The number of nitrogens with one attached hydrogen (secondary N) is 2. The second kappa shape index (κ2) is 6.31. The largest absolute Gasteiger partial charge is 0.325 e. The smallest absolute Gasteiger partial charge is 0.324 e. The van der Waals surface area contributed by atoms with Gasteiger partial charge in [-0.05, 0) is 40.9 Å². The summed E-state index contributed by atoms with van der Waals surface area (Å²) in [5.74, 6) is -0.669. The van der Waals surface area contributed by atoms with Gasteiger partial charge in [-0.1, -0.05) is 31.4 Å². The number of amides is 4. The minimum Gasteiger partial charge on any atom is -0.324 e. The molecule has 2 N–H and O–H groups in total. The van der Waals surface area contributed by atoms with E-state index in [9.17, 15) is 14.4 Å². The molecule has 7 heteroatoms. The number of carbonyl (C=O) groups excluding carboxylic acids is 3. The van der Waals surface area contributed by atoms with Crippen LogP contribution < -0.4 is 10.6 Å². The number of rotatable bonds is 3. The van der Waals surface area contributed by atoms with E-state index < -0.39 is 17.5 Å². The third kappa shape index (κ3) is 3.10. The van der Waals surface area contributed by atoms with Crippen molar-refractivity contribution in [3.63, 3.8) is 0 Å². The molecule has 1 aromatic rings. The van der Waals surface area contributed by atoms with Gasteiger partial charge in [0.05, 0.1) is 5.69 Å². The summed E-state index contributed by atoms with van der Waals surface area (Å²) in [6.07, 6.45) is 4.22. The Morgan fingerprint density at radius 3 is 2.61 bits per heavy atom. The molecule has 0 atom stereocenters. The zero-order valence-corrected chi connectivity index (χ0v) is 14.2. The summed E-state index contributed by atoms with van der Waals surface area (Å²) in [6, 6.07) is 6.71. The van der Waals surface area contributed by atoms with Crippen molar-refractivity contribution in [2.45, 2.75) is 37.6 Å². The molecule has 1 aliphatic carbocycles. The Morgan fingerprint density at radius 1 is 1.22 bits per heavy atom. The number of benzene rings is 1. The maximum Gasteiger partial charge on any atom is 0.325 e. The molecule has 0 aromatic heterocycles. The van der Waals surface area contributed by atoms with Crippen molar-refractivity contribution in [1.82, 2.24) is 10.2 Å². The highest BCUT2D eigenvalue weighted by atomic mass is 79.9. The van der Waals surface area contributed by atoms with E-state index in [-0.39, 0.29) is 12.5 Å². The Kier molecular flexibility index (Phi) is 4.39. The van der Waals surface area contributed by atoms with Crippen molar-refractivity contribution in [2.24, 2.45) is 0 Å². The second-order valence-corrected chi connectivity index (χ2v) is 6.85. The Balaban J connectivity index is 1.68. The maximum atomic E-state index is 12.6. The molecule has 2 aliphatic rings. The molecule has 0 radical (unpaired) electrons. The predicted molar refractivity (Wildman–Crippen MR) is 88.8 cm³/mol. The SMILES string of the molecule is O=C(CN1C(=O)NC2(CCCCC2)C1=O)Nc1ccccc1Br. The first-order valence-electron chi connectivity index (χ1n) is 7.70. The number of hydrogen-bond acceptors (Lipinski definition) is 3. The summed E-state index contributed by atoms with van der Waals surface area (Å²) < 4.78 is 0.745. The normalized spacial score (nSPS) is 19.8. The Bertz CT molecular complexity index is 656. The number of urea groups is 1. The molecule has 1 aromatic carbocycles. The number of imide groups is 1. The van der Waals surface area contributed by atoms with Gasteiger partial charge in [0, 0.05) is 4.47 Å². The van der Waals surface area contributed by atoms with Gasteiger partial charge in [-0.3, -0.25) is 14.5 Å². The van der Waals surface area contributed by atoms with Crippen LogP contribution in [0.25, 0.3) is 0 Å². The molecule has 6 nitrogen and oxygen atoms in total. The topological polar surface area (TPSA) is 78.5 Å². The van der Waals surface area contributed by atoms with Crippen molar-refractivity contribution in [3.05, 3.63) is 28.7 Å². The van der Waals surface area contributed by atoms with E-state index in [4.69, 9.17) is 0 Å². The highest BCUT2D eigenvalue weighted by molar-refractivity contribution is 9.10. The summed E-state index contributed by atoms with van der Waals surface area (Å²) in [5, 5.41) is 5.51. The molecule has 0 unspecified atom stereocenters. The first kappa shape index (κ1) is 16.0. The number of para-hydroxylation sites is 1. The van der Waals surface area contributed by atoms with Crippen LogP contribution in [0.1, 0.15) is 32.1 Å². The van der Waals surface area contributed by atoms with Gasteiger partial charge >= 0.3 is 6.03 Å². The Hall–Kier alpha value is -1.89. The van der Waals surface area contributed by atoms with Gasteiger partial charge in [0.2, 0.25) is 5.91 Å². The molecule has 1 saturated heterocycles. The number of anilines is 1. The molecule has 1 aliphatic heterocycles. The zero-order valence-electron chi connectivity index (χ0n) is 12.6. The Labute approximate surface area is 142 Å². The first-order chi connectivity index (χ1) is 11.0. The fourth-order valence-corrected chi connectivity index (χ4v) is 3.59. The molecule has 1 heterocycles. The van der Waals surface area contributed by atoms with Crippen LogP contribution in [0.2, 0.25) is 0 Å². The highest BCUT2D eigenvalue weighted by Crippen LogP contribution is 2.33. The van der Waals surface area contributed by atoms with Crippen molar-refractivity contribution in [1.29, 1.82) is 0 Å². The summed E-state index contributed by atoms with van der Waals surface area (Å²) in [5.41, 5.74) is -0.180. The zero-order chi connectivity index (χ0) is 16.4. The first-order valence-corrected chi connectivity index (χ1v) is 8.50. The van der Waals surface area contributed by atoms with Gasteiger partial charge in [0.15, 0.2) is 0 Å². The van der Waals surface area contributed by atoms with Crippen molar-refractivity contribution in [2.75, 3.05) is 11.9 Å². The standard InChI is InChI=1S/C16H18BrN3O3/c17-11-6-2-3-7-12(11)18-13(21)10-20-14(22)16(19-15(20)23)8-4-1-5-9-16/h2-3,6-7H,1,4-5,8-10H2,(H,18,21)(H,19,23). The minimum atomic E-state index is -0.789. The molecular formula is C16H18BrN3O3. The van der Waals surface area contributed by atoms with E-state index in [1.807, 2.05) is 6.07 Å². The molecule has 122 valence electrons. The van der Waals surface area contributed by atoms with E-state index in [1.54, 1.807) is 18.2 Å². The van der Waals surface area contributed by atoms with Gasteiger partial charge in [-0.2, -0.15) is 0 Å². The molecule has 1 saturated carbocycles. The third-order valence-corrected chi connectivity index (χ3v) is 5.09. The van der Waals surface area contributed by atoms with Gasteiger partial charge in [-0.25, -0.2) is 4.79 Å². The predicted octanol–water partition coefficient (Wildman–Crippen LogP) is 2.64. The van der Waals surface area contributed by atoms with E-state index >= 15 is 0 Å². The van der Waals surface area contributed by atoms with Crippen LogP contribution in [-0.4, -0.2) is 34.8 Å². The molecule has 0 bridgehead atoms. The van der Waals surface area contributed by atoms with Crippen LogP contribution in [0.4, 0.5) is 10.5 Å². The quantitative estimate of drug-likeness (QED) is 0.792. The summed E-state index contributed by atoms with van der Waals surface area (Å²) in [4.78, 5) is 37.9. The fraction of sp³-hybridized carbons (Fsp3) is 0.438. The number of nitrogens with zero attached hydrogens (tertiary/aromatic N) is 1. The van der Waals surface area contributed by atoms with E-state index in [1.165, 1.54) is 0 Å². The Morgan fingerprint density at radius 2 is 1.91 bits per heavy atom. The lowest BCUT2D eigenvalue weighted by Gasteiger charge is -2.30. The summed E-state index contributed by atoms with van der Waals surface area (Å²) >= 11 is 3.34. The number of carbonyl (C=O) groups is 3. The van der Waals surface area contributed by atoms with Crippen LogP contribution >= 0.6 is 15.9 Å². The van der Waals surface area contributed by atoms with E-state index in [0.717, 1.165) is 28.6 Å². The second-order valence-electron chi connectivity index (χ2n) is 5.99. The minimum absolute atomic E-state index is 0.270. The van der Waals surface area contributed by atoms with Crippen molar-refractivity contribution >= 4 is 39.5 Å². The number of halogens is 1. The van der Waals surface area contributed by atoms with Gasteiger partial charge in [-0.15, -0.1) is 0 Å². The third-order valence-electron chi connectivity index (χ3n) is 4.40.